The first-order chi connectivity index (χ1) is 14.6. The minimum Gasteiger partial charge on any atom is -0.488 e. The molecule has 7 heteroatoms. The van der Waals surface area contributed by atoms with Crippen molar-refractivity contribution >= 4 is 29.1 Å². The molecule has 0 saturated carbocycles. The van der Waals surface area contributed by atoms with Crippen LogP contribution >= 0.6 is 11.6 Å². The predicted molar refractivity (Wildman–Crippen MR) is 116 cm³/mol. The van der Waals surface area contributed by atoms with Gasteiger partial charge in [0.25, 0.3) is 11.8 Å². The number of halogens is 1. The van der Waals surface area contributed by atoms with Crippen molar-refractivity contribution in [2.45, 2.75) is 6.61 Å². The van der Waals surface area contributed by atoms with Gasteiger partial charge in [0, 0.05) is 29.4 Å². The molecule has 0 saturated heterocycles. The monoisotopic (exact) mass is 424 g/mol. The molecule has 2 N–H and O–H groups in total. The summed E-state index contributed by atoms with van der Waals surface area (Å²) in [4.78, 5) is 24.1. The average Bonchev–Trinajstić information content (AvgIpc) is 2.77. The first-order valence-electron chi connectivity index (χ1n) is 9.27. The second kappa shape index (κ2) is 10.3. The zero-order valence-electron chi connectivity index (χ0n) is 16.4. The lowest BCUT2D eigenvalue weighted by atomic mass is 10.1. The van der Waals surface area contributed by atoms with Crippen LogP contribution in [0.2, 0.25) is 5.02 Å². The number of hydrogen-bond acceptors (Lipinski definition) is 4. The van der Waals surface area contributed by atoms with Crippen molar-refractivity contribution in [1.29, 1.82) is 0 Å². The van der Waals surface area contributed by atoms with Crippen LogP contribution in [0.1, 0.15) is 15.9 Å². The number of para-hydroxylation sites is 1. The van der Waals surface area contributed by atoms with Crippen LogP contribution in [-0.2, 0) is 11.4 Å². The maximum absolute atomic E-state index is 12.8. The van der Waals surface area contributed by atoms with E-state index in [0.29, 0.717) is 27.8 Å². The number of hydrogen-bond donors (Lipinski definition) is 2. The van der Waals surface area contributed by atoms with E-state index in [1.807, 2.05) is 18.2 Å². The standard InChI is InChI=1S/C23H21ClN2O4/c1-25-22(27)15-29-18-9-6-8-17(13-18)26-23(28)19-10-3-5-12-21(19)30-14-16-7-2-4-11-20(16)24/h2-13H,14-15H2,1H3,(H,25,27)(H,26,28). The summed E-state index contributed by atoms with van der Waals surface area (Å²) >= 11 is 6.17. The van der Waals surface area contributed by atoms with Gasteiger partial charge in [-0.25, -0.2) is 0 Å². The normalized spacial score (nSPS) is 10.2. The molecule has 0 atom stereocenters. The Morgan fingerprint density at radius 2 is 1.70 bits per heavy atom. The fourth-order valence-electron chi connectivity index (χ4n) is 2.63. The summed E-state index contributed by atoms with van der Waals surface area (Å²) in [5.74, 6) is 0.351. The molecule has 0 aliphatic rings. The number of carbonyl (C=O) groups excluding carboxylic acids is 2. The van der Waals surface area contributed by atoms with Crippen molar-refractivity contribution in [3.05, 3.63) is 88.9 Å². The van der Waals surface area contributed by atoms with E-state index in [4.69, 9.17) is 21.1 Å². The van der Waals surface area contributed by atoms with Crippen LogP contribution in [0.4, 0.5) is 5.69 Å². The number of ether oxygens (including phenoxy) is 2. The van der Waals surface area contributed by atoms with E-state index in [1.54, 1.807) is 54.6 Å². The number of rotatable bonds is 8. The Morgan fingerprint density at radius 1 is 0.933 bits per heavy atom. The lowest BCUT2D eigenvalue weighted by Gasteiger charge is -2.13. The highest BCUT2D eigenvalue weighted by Crippen LogP contribution is 2.24. The van der Waals surface area contributed by atoms with E-state index in [0.717, 1.165) is 5.56 Å². The topological polar surface area (TPSA) is 76.7 Å². The number of benzene rings is 3. The van der Waals surface area contributed by atoms with Crippen molar-refractivity contribution < 1.29 is 19.1 Å². The minimum atomic E-state index is -0.326. The summed E-state index contributed by atoms with van der Waals surface area (Å²) in [6, 6.07) is 21.2. The Bertz CT molecular complexity index is 1040. The molecular weight excluding hydrogens is 404 g/mol. The molecule has 0 fully saturated rings. The smallest absolute Gasteiger partial charge is 0.259 e. The van der Waals surface area contributed by atoms with Crippen LogP contribution in [0.3, 0.4) is 0 Å². The van der Waals surface area contributed by atoms with Crippen LogP contribution in [0.15, 0.2) is 72.8 Å². The van der Waals surface area contributed by atoms with E-state index in [1.165, 1.54) is 7.05 Å². The number of anilines is 1. The van der Waals surface area contributed by atoms with Gasteiger partial charge < -0.3 is 20.1 Å². The summed E-state index contributed by atoms with van der Waals surface area (Å²) in [5, 5.41) is 5.91. The number of likely N-dealkylation sites (N-methyl/N-ethyl adjacent to an activating group) is 1. The maximum Gasteiger partial charge on any atom is 0.259 e. The van der Waals surface area contributed by atoms with Gasteiger partial charge in [-0.15, -0.1) is 0 Å². The highest BCUT2D eigenvalue weighted by molar-refractivity contribution is 6.31. The van der Waals surface area contributed by atoms with Crippen molar-refractivity contribution in [2.24, 2.45) is 0 Å². The highest BCUT2D eigenvalue weighted by atomic mass is 35.5. The molecule has 3 rings (SSSR count). The van der Waals surface area contributed by atoms with Crippen LogP contribution < -0.4 is 20.1 Å². The molecule has 0 aliphatic carbocycles. The van der Waals surface area contributed by atoms with E-state index >= 15 is 0 Å². The Labute approximate surface area is 179 Å². The second-order valence-corrected chi connectivity index (χ2v) is 6.73. The Hall–Kier alpha value is -3.51. The lowest BCUT2D eigenvalue weighted by Crippen LogP contribution is -2.24. The maximum atomic E-state index is 12.8. The van der Waals surface area contributed by atoms with Gasteiger partial charge in [0.15, 0.2) is 6.61 Å². The van der Waals surface area contributed by atoms with E-state index in [2.05, 4.69) is 10.6 Å². The summed E-state index contributed by atoms with van der Waals surface area (Å²) in [6.07, 6.45) is 0. The molecule has 0 bridgehead atoms. The third-order valence-electron chi connectivity index (χ3n) is 4.21. The first kappa shape index (κ1) is 21.2. The molecule has 0 unspecified atom stereocenters. The summed E-state index contributed by atoms with van der Waals surface area (Å²) in [5.41, 5.74) is 1.76. The molecule has 3 aromatic rings. The third kappa shape index (κ3) is 5.75. The number of nitrogens with one attached hydrogen (secondary N) is 2. The Kier molecular flexibility index (Phi) is 7.29. The molecular formula is C23H21ClN2O4. The van der Waals surface area contributed by atoms with Gasteiger partial charge in [-0.2, -0.15) is 0 Å². The van der Waals surface area contributed by atoms with Gasteiger partial charge in [0.1, 0.15) is 18.1 Å². The van der Waals surface area contributed by atoms with Crippen molar-refractivity contribution in [3.63, 3.8) is 0 Å². The van der Waals surface area contributed by atoms with Crippen LogP contribution in [-0.4, -0.2) is 25.5 Å². The van der Waals surface area contributed by atoms with Gasteiger partial charge in [-0.3, -0.25) is 9.59 Å². The molecule has 0 aromatic heterocycles. The lowest BCUT2D eigenvalue weighted by molar-refractivity contribution is -0.122. The van der Waals surface area contributed by atoms with Crippen LogP contribution in [0, 0.1) is 0 Å². The van der Waals surface area contributed by atoms with Gasteiger partial charge in [-0.05, 0) is 30.3 Å². The average molecular weight is 425 g/mol. The molecule has 6 nitrogen and oxygen atoms in total. The fourth-order valence-corrected chi connectivity index (χ4v) is 2.82. The van der Waals surface area contributed by atoms with Gasteiger partial charge in [-0.1, -0.05) is 48.0 Å². The fraction of sp³-hybridized carbons (Fsp3) is 0.130. The van der Waals surface area contributed by atoms with E-state index in [-0.39, 0.29) is 25.0 Å². The zero-order valence-corrected chi connectivity index (χ0v) is 17.1. The van der Waals surface area contributed by atoms with Gasteiger partial charge in [0.05, 0.1) is 5.56 Å². The quantitative estimate of drug-likeness (QED) is 0.565. The summed E-state index contributed by atoms with van der Waals surface area (Å²) in [6.45, 7) is 0.138. The zero-order chi connectivity index (χ0) is 21.3. The van der Waals surface area contributed by atoms with E-state index < -0.39 is 0 Å². The molecule has 0 heterocycles. The largest absolute Gasteiger partial charge is 0.488 e. The molecule has 30 heavy (non-hydrogen) atoms. The number of carbonyl (C=O) groups is 2. The van der Waals surface area contributed by atoms with E-state index in [9.17, 15) is 9.59 Å². The number of amides is 2. The molecule has 0 radical (unpaired) electrons. The summed E-state index contributed by atoms with van der Waals surface area (Å²) < 4.78 is 11.3. The molecule has 0 aliphatic heterocycles. The van der Waals surface area contributed by atoms with Crippen molar-refractivity contribution in [2.75, 3.05) is 19.0 Å². The predicted octanol–water partition coefficient (Wildman–Crippen LogP) is 4.30. The van der Waals surface area contributed by atoms with Crippen molar-refractivity contribution in [3.8, 4) is 11.5 Å². The minimum absolute atomic E-state index is 0.105. The Balaban J connectivity index is 1.69. The van der Waals surface area contributed by atoms with Crippen LogP contribution in [0.5, 0.6) is 11.5 Å². The molecule has 2 amide bonds. The molecule has 0 spiro atoms. The van der Waals surface area contributed by atoms with Gasteiger partial charge in [0.2, 0.25) is 0 Å². The second-order valence-electron chi connectivity index (χ2n) is 6.32. The third-order valence-corrected chi connectivity index (χ3v) is 4.58. The highest BCUT2D eigenvalue weighted by Gasteiger charge is 2.13. The summed E-state index contributed by atoms with van der Waals surface area (Å²) in [7, 11) is 1.54. The SMILES string of the molecule is CNC(=O)COc1cccc(NC(=O)c2ccccc2OCc2ccccc2Cl)c1. The van der Waals surface area contributed by atoms with Crippen LogP contribution in [0.25, 0.3) is 0 Å². The molecule has 154 valence electrons. The Morgan fingerprint density at radius 3 is 2.50 bits per heavy atom. The first-order valence-corrected chi connectivity index (χ1v) is 9.64. The van der Waals surface area contributed by atoms with Crippen molar-refractivity contribution in [1.82, 2.24) is 5.32 Å². The molecule has 3 aromatic carbocycles. The van der Waals surface area contributed by atoms with Gasteiger partial charge >= 0.3 is 0 Å².